The van der Waals surface area contributed by atoms with Crippen LogP contribution in [0.15, 0.2) is 16.6 Å². The summed E-state index contributed by atoms with van der Waals surface area (Å²) >= 11 is 11.0. The van der Waals surface area contributed by atoms with Gasteiger partial charge in [-0.3, -0.25) is 0 Å². The predicted molar refractivity (Wildman–Crippen MR) is 86.2 cm³/mol. The summed E-state index contributed by atoms with van der Waals surface area (Å²) in [5.74, 6) is 1.61. The zero-order valence-corrected chi connectivity index (χ0v) is 14.0. The summed E-state index contributed by atoms with van der Waals surface area (Å²) in [7, 11) is 0. The quantitative estimate of drug-likeness (QED) is 0.815. The van der Waals surface area contributed by atoms with Gasteiger partial charge in [-0.15, -0.1) is 11.3 Å². The molecule has 0 atom stereocenters. The van der Waals surface area contributed by atoms with E-state index in [1.54, 1.807) is 0 Å². The average molecular weight is 361 g/mol. The Morgan fingerprint density at radius 2 is 2.11 bits per heavy atom. The molecule has 0 radical (unpaired) electrons. The fourth-order valence-corrected chi connectivity index (χ4v) is 3.23. The Morgan fingerprint density at radius 3 is 2.68 bits per heavy atom. The highest BCUT2D eigenvalue weighted by Gasteiger charge is 2.11. The van der Waals surface area contributed by atoms with Crippen molar-refractivity contribution in [3.63, 3.8) is 0 Å². The molecule has 6 heteroatoms. The highest BCUT2D eigenvalue weighted by molar-refractivity contribution is 9.10. The first-order chi connectivity index (χ1) is 9.13. The van der Waals surface area contributed by atoms with Crippen molar-refractivity contribution >= 4 is 44.7 Å². The molecule has 1 N–H and O–H groups in total. The fourth-order valence-electron chi connectivity index (χ4n) is 1.59. The van der Waals surface area contributed by atoms with Gasteiger partial charge >= 0.3 is 0 Å². The maximum atomic E-state index is 6.08. The molecule has 0 saturated carbocycles. The summed E-state index contributed by atoms with van der Waals surface area (Å²) < 4.78 is 1.62. The van der Waals surface area contributed by atoms with Gasteiger partial charge in [-0.05, 0) is 34.8 Å². The summed E-state index contributed by atoms with van der Waals surface area (Å²) in [6.07, 6.45) is 1.95. The molecular formula is C13H15BrClN3S. The van der Waals surface area contributed by atoms with Crippen molar-refractivity contribution in [1.29, 1.82) is 0 Å². The average Bonchev–Trinajstić information content (AvgIpc) is 2.76. The van der Waals surface area contributed by atoms with Gasteiger partial charge in [0.2, 0.25) is 0 Å². The Balaban J connectivity index is 2.38. The maximum absolute atomic E-state index is 6.08. The molecule has 0 aliphatic heterocycles. The lowest BCUT2D eigenvalue weighted by Gasteiger charge is -2.07. The monoisotopic (exact) mass is 359 g/mol. The van der Waals surface area contributed by atoms with Crippen LogP contribution in [0.2, 0.25) is 4.34 Å². The second-order valence-electron chi connectivity index (χ2n) is 4.08. The standard InChI is InChI=1S/C13H15BrClN3S/c1-3-5-16-11-6-8(4-2)17-13(18-11)10-7-9(14)12(15)19-10/h6-7H,3-5H2,1-2H3,(H,16,17,18). The van der Waals surface area contributed by atoms with Crippen LogP contribution < -0.4 is 5.32 Å². The number of nitrogens with one attached hydrogen (secondary N) is 1. The summed E-state index contributed by atoms with van der Waals surface area (Å²) in [5.41, 5.74) is 1.03. The van der Waals surface area contributed by atoms with E-state index in [1.165, 1.54) is 11.3 Å². The van der Waals surface area contributed by atoms with Gasteiger partial charge in [-0.25, -0.2) is 9.97 Å². The Morgan fingerprint density at radius 1 is 1.32 bits per heavy atom. The summed E-state index contributed by atoms with van der Waals surface area (Å²) in [6, 6.07) is 3.97. The first-order valence-corrected chi connectivity index (χ1v) is 8.19. The first-order valence-electron chi connectivity index (χ1n) is 6.21. The fraction of sp³-hybridized carbons (Fsp3) is 0.385. The molecule has 0 saturated heterocycles. The SMILES string of the molecule is CCCNc1cc(CC)nc(-c2cc(Br)c(Cl)s2)n1. The van der Waals surface area contributed by atoms with Gasteiger partial charge in [0, 0.05) is 22.8 Å². The maximum Gasteiger partial charge on any atom is 0.171 e. The molecule has 3 nitrogen and oxygen atoms in total. The molecule has 0 aliphatic carbocycles. The highest BCUT2D eigenvalue weighted by atomic mass is 79.9. The molecule has 0 fully saturated rings. The van der Waals surface area contributed by atoms with Gasteiger partial charge in [-0.2, -0.15) is 0 Å². The van der Waals surface area contributed by atoms with E-state index in [1.807, 2.05) is 12.1 Å². The molecule has 2 aromatic rings. The Labute approximate surface area is 130 Å². The molecule has 19 heavy (non-hydrogen) atoms. The largest absolute Gasteiger partial charge is 0.370 e. The number of anilines is 1. The minimum atomic E-state index is 0.726. The van der Waals surface area contributed by atoms with Crippen LogP contribution in [-0.4, -0.2) is 16.5 Å². The number of rotatable bonds is 5. The molecule has 0 bridgehead atoms. The molecule has 0 aromatic carbocycles. The number of aromatic nitrogens is 2. The van der Waals surface area contributed by atoms with E-state index in [0.29, 0.717) is 0 Å². The molecule has 0 amide bonds. The van der Waals surface area contributed by atoms with Crippen LogP contribution >= 0.6 is 38.9 Å². The van der Waals surface area contributed by atoms with E-state index < -0.39 is 0 Å². The molecule has 102 valence electrons. The van der Waals surface area contributed by atoms with Crippen LogP contribution in [0.3, 0.4) is 0 Å². The molecular weight excluding hydrogens is 346 g/mol. The minimum Gasteiger partial charge on any atom is -0.370 e. The number of hydrogen-bond acceptors (Lipinski definition) is 4. The lowest BCUT2D eigenvalue weighted by atomic mass is 10.3. The van der Waals surface area contributed by atoms with Crippen molar-refractivity contribution in [3.05, 3.63) is 26.6 Å². The zero-order chi connectivity index (χ0) is 13.8. The zero-order valence-electron chi connectivity index (χ0n) is 10.8. The molecule has 2 aromatic heterocycles. The number of halogens is 2. The van der Waals surface area contributed by atoms with Crippen LogP contribution in [0, 0.1) is 0 Å². The molecule has 2 rings (SSSR count). The number of nitrogens with zero attached hydrogens (tertiary/aromatic N) is 2. The Kier molecular flexibility index (Phi) is 5.19. The highest BCUT2D eigenvalue weighted by Crippen LogP contribution is 2.37. The summed E-state index contributed by atoms with van der Waals surface area (Å²) in [5, 5.41) is 3.31. The van der Waals surface area contributed by atoms with Crippen molar-refractivity contribution in [1.82, 2.24) is 9.97 Å². The van der Waals surface area contributed by atoms with E-state index in [4.69, 9.17) is 11.6 Å². The summed E-state index contributed by atoms with van der Waals surface area (Å²) in [6.45, 7) is 5.13. The van der Waals surface area contributed by atoms with Crippen molar-refractivity contribution < 1.29 is 0 Å². The molecule has 0 aliphatic rings. The third-order valence-electron chi connectivity index (χ3n) is 2.56. The van der Waals surface area contributed by atoms with Crippen molar-refractivity contribution in [2.24, 2.45) is 0 Å². The second-order valence-corrected chi connectivity index (χ2v) is 6.59. The molecule has 2 heterocycles. The van der Waals surface area contributed by atoms with Crippen LogP contribution in [-0.2, 0) is 6.42 Å². The van der Waals surface area contributed by atoms with Crippen LogP contribution in [0.5, 0.6) is 0 Å². The Bertz CT molecular complexity index is 552. The summed E-state index contributed by atoms with van der Waals surface area (Å²) in [4.78, 5) is 10.1. The number of aryl methyl sites for hydroxylation is 1. The molecule has 0 spiro atoms. The smallest absolute Gasteiger partial charge is 0.171 e. The van der Waals surface area contributed by atoms with Gasteiger partial charge < -0.3 is 5.32 Å². The van der Waals surface area contributed by atoms with Gasteiger partial charge in [0.05, 0.1) is 4.88 Å². The number of hydrogen-bond donors (Lipinski definition) is 1. The second kappa shape index (κ2) is 6.68. The van der Waals surface area contributed by atoms with Crippen molar-refractivity contribution in [2.75, 3.05) is 11.9 Å². The van der Waals surface area contributed by atoms with Gasteiger partial charge in [0.25, 0.3) is 0 Å². The van der Waals surface area contributed by atoms with E-state index in [2.05, 4.69) is 45.1 Å². The lowest BCUT2D eigenvalue weighted by molar-refractivity contribution is 0.952. The van der Waals surface area contributed by atoms with E-state index in [-0.39, 0.29) is 0 Å². The van der Waals surface area contributed by atoms with Gasteiger partial charge in [0.15, 0.2) is 5.82 Å². The minimum absolute atomic E-state index is 0.726. The third kappa shape index (κ3) is 3.68. The van der Waals surface area contributed by atoms with Gasteiger partial charge in [0.1, 0.15) is 10.2 Å². The first kappa shape index (κ1) is 14.8. The van der Waals surface area contributed by atoms with Crippen molar-refractivity contribution in [3.8, 4) is 10.7 Å². The van der Waals surface area contributed by atoms with E-state index in [9.17, 15) is 0 Å². The van der Waals surface area contributed by atoms with Crippen LogP contribution in [0.1, 0.15) is 26.0 Å². The predicted octanol–water partition coefficient (Wildman–Crippen LogP) is 5.01. The third-order valence-corrected chi connectivity index (χ3v) is 5.03. The normalized spacial score (nSPS) is 10.7. The van der Waals surface area contributed by atoms with Crippen LogP contribution in [0.4, 0.5) is 5.82 Å². The topological polar surface area (TPSA) is 37.8 Å². The number of thiophene rings is 1. The van der Waals surface area contributed by atoms with Crippen LogP contribution in [0.25, 0.3) is 10.7 Å². The lowest BCUT2D eigenvalue weighted by Crippen LogP contribution is -2.05. The van der Waals surface area contributed by atoms with Crippen molar-refractivity contribution in [2.45, 2.75) is 26.7 Å². The Hall–Kier alpha value is -0.650. The van der Waals surface area contributed by atoms with E-state index >= 15 is 0 Å². The van der Waals surface area contributed by atoms with E-state index in [0.717, 1.165) is 50.4 Å². The van der Waals surface area contributed by atoms with Gasteiger partial charge in [-0.1, -0.05) is 25.4 Å². The molecule has 0 unspecified atom stereocenters.